The average molecular weight is 336 g/mol. The predicted octanol–water partition coefficient (Wildman–Crippen LogP) is 4.54. The third-order valence-corrected chi connectivity index (χ3v) is 3.18. The van der Waals surface area contributed by atoms with Crippen molar-refractivity contribution in [2.75, 3.05) is 5.88 Å². The zero-order valence-electron chi connectivity index (χ0n) is 7.54. The van der Waals surface area contributed by atoms with Gasteiger partial charge in [-0.25, -0.2) is 0 Å². The first-order chi connectivity index (χ1) is 7.29. The number of Topliss-reactive ketones (excluding diaryl/α,β-unsaturated/α-hetero) is 1. The molecule has 7 heteroatoms. The smallest absolute Gasteiger partial charge is 0.293 e. The molecule has 1 nitrogen and oxygen atoms in total. The second-order valence-corrected chi connectivity index (χ2v) is 4.31. The van der Waals surface area contributed by atoms with Crippen molar-refractivity contribution in [3.05, 3.63) is 32.8 Å². The zero-order chi connectivity index (χ0) is 12.5. The Morgan fingerprint density at radius 2 is 1.94 bits per heavy atom. The molecular weight excluding hydrogens is 332 g/mol. The minimum Gasteiger partial charge on any atom is -0.293 e. The van der Waals surface area contributed by atoms with Crippen LogP contribution >= 0.6 is 39.1 Å². The van der Waals surface area contributed by atoms with E-state index in [4.69, 9.17) is 23.2 Å². The van der Waals surface area contributed by atoms with Crippen LogP contribution in [-0.4, -0.2) is 11.7 Å². The lowest BCUT2D eigenvalue weighted by atomic mass is 10.1. The van der Waals surface area contributed by atoms with Gasteiger partial charge in [0.15, 0.2) is 5.78 Å². The van der Waals surface area contributed by atoms with Crippen LogP contribution in [-0.2, 0) is 6.18 Å². The molecule has 0 spiro atoms. The van der Waals surface area contributed by atoms with Crippen molar-refractivity contribution in [1.82, 2.24) is 0 Å². The van der Waals surface area contributed by atoms with Gasteiger partial charge in [0.1, 0.15) is 0 Å². The van der Waals surface area contributed by atoms with Crippen LogP contribution in [0.15, 0.2) is 16.6 Å². The third-order valence-electron chi connectivity index (χ3n) is 1.80. The molecule has 0 fully saturated rings. The maximum Gasteiger partial charge on any atom is 0.418 e. The molecule has 1 rings (SSSR count). The Hall–Kier alpha value is -0.260. The van der Waals surface area contributed by atoms with Gasteiger partial charge in [0.05, 0.1) is 16.5 Å². The molecule has 0 saturated heterocycles. The standard InChI is InChI=1S/C9H4BrCl2F3O/c10-8-4(6(16)3-11)1-2-5(12)7(8)9(13,14)15/h1-2H,3H2. The van der Waals surface area contributed by atoms with Crippen LogP contribution in [0.3, 0.4) is 0 Å². The average Bonchev–Trinajstić information content (AvgIpc) is 2.14. The maximum absolute atomic E-state index is 12.6. The molecule has 0 radical (unpaired) electrons. The van der Waals surface area contributed by atoms with Gasteiger partial charge >= 0.3 is 6.18 Å². The number of hydrogen-bond donors (Lipinski definition) is 0. The number of rotatable bonds is 2. The van der Waals surface area contributed by atoms with Gasteiger partial charge in [-0.05, 0) is 28.1 Å². The van der Waals surface area contributed by atoms with Crippen LogP contribution in [0.2, 0.25) is 5.02 Å². The zero-order valence-corrected chi connectivity index (χ0v) is 10.6. The Kier molecular flexibility index (Phi) is 4.26. The summed E-state index contributed by atoms with van der Waals surface area (Å²) in [6, 6.07) is 2.22. The SMILES string of the molecule is O=C(CCl)c1ccc(Cl)c(C(F)(F)F)c1Br. The second-order valence-electron chi connectivity index (χ2n) is 2.84. The van der Waals surface area contributed by atoms with Gasteiger partial charge in [-0.15, -0.1) is 11.6 Å². The van der Waals surface area contributed by atoms with Gasteiger partial charge < -0.3 is 0 Å². The lowest BCUT2D eigenvalue weighted by molar-refractivity contribution is -0.138. The van der Waals surface area contributed by atoms with Crippen molar-refractivity contribution in [1.29, 1.82) is 0 Å². The molecule has 1 aromatic carbocycles. The topological polar surface area (TPSA) is 17.1 Å². The minimum absolute atomic E-state index is 0.133. The Labute approximate surface area is 108 Å². The first kappa shape index (κ1) is 13.8. The summed E-state index contributed by atoms with van der Waals surface area (Å²) in [7, 11) is 0. The normalized spacial score (nSPS) is 11.6. The molecule has 0 N–H and O–H groups in total. The van der Waals surface area contributed by atoms with E-state index < -0.39 is 28.4 Å². The highest BCUT2D eigenvalue weighted by Gasteiger charge is 2.37. The van der Waals surface area contributed by atoms with E-state index in [0.717, 1.165) is 6.07 Å². The van der Waals surface area contributed by atoms with Crippen LogP contribution in [0.5, 0.6) is 0 Å². The van der Waals surface area contributed by atoms with Crippen LogP contribution in [0.25, 0.3) is 0 Å². The first-order valence-electron chi connectivity index (χ1n) is 3.93. The molecular formula is C9H4BrCl2F3O. The monoisotopic (exact) mass is 334 g/mol. The lowest BCUT2D eigenvalue weighted by Gasteiger charge is -2.13. The highest BCUT2D eigenvalue weighted by Crippen LogP contribution is 2.41. The molecule has 0 amide bonds. The molecule has 0 unspecified atom stereocenters. The van der Waals surface area contributed by atoms with Crippen LogP contribution < -0.4 is 0 Å². The molecule has 0 aromatic heterocycles. The minimum atomic E-state index is -4.63. The summed E-state index contributed by atoms with van der Waals surface area (Å²) in [6.45, 7) is 0. The number of benzene rings is 1. The summed E-state index contributed by atoms with van der Waals surface area (Å²) < 4.78 is 37.4. The Balaban J connectivity index is 3.45. The summed E-state index contributed by atoms with van der Waals surface area (Å²) in [5.74, 6) is -0.993. The number of carbonyl (C=O) groups excluding carboxylic acids is 1. The third kappa shape index (κ3) is 2.70. The van der Waals surface area contributed by atoms with Crippen LogP contribution in [0, 0.1) is 0 Å². The fraction of sp³-hybridized carbons (Fsp3) is 0.222. The molecule has 16 heavy (non-hydrogen) atoms. The van der Waals surface area contributed by atoms with E-state index in [1.54, 1.807) is 0 Å². The van der Waals surface area contributed by atoms with Crippen molar-refractivity contribution in [2.24, 2.45) is 0 Å². The predicted molar refractivity (Wildman–Crippen MR) is 59.2 cm³/mol. The highest BCUT2D eigenvalue weighted by atomic mass is 79.9. The largest absolute Gasteiger partial charge is 0.418 e. The summed E-state index contributed by atoms with van der Waals surface area (Å²) in [5, 5.41) is -0.467. The molecule has 0 aliphatic carbocycles. The molecule has 0 atom stereocenters. The Morgan fingerprint density at radius 3 is 2.38 bits per heavy atom. The van der Waals surface area contributed by atoms with Gasteiger partial charge in [0.2, 0.25) is 0 Å². The summed E-state index contributed by atoms with van der Waals surface area (Å²) in [5.41, 5.74) is -1.20. The van der Waals surface area contributed by atoms with Crippen LogP contribution in [0.4, 0.5) is 13.2 Å². The number of ketones is 1. The van der Waals surface area contributed by atoms with Crippen molar-refractivity contribution in [3.63, 3.8) is 0 Å². The number of hydrogen-bond acceptors (Lipinski definition) is 1. The maximum atomic E-state index is 12.6. The van der Waals surface area contributed by atoms with E-state index in [-0.39, 0.29) is 10.0 Å². The molecule has 1 aromatic rings. The van der Waals surface area contributed by atoms with E-state index in [0.29, 0.717) is 0 Å². The Bertz CT molecular complexity index is 431. The van der Waals surface area contributed by atoms with Gasteiger partial charge in [-0.1, -0.05) is 11.6 Å². The summed E-state index contributed by atoms with van der Waals surface area (Å²) in [4.78, 5) is 11.3. The highest BCUT2D eigenvalue weighted by molar-refractivity contribution is 9.10. The van der Waals surface area contributed by atoms with E-state index in [9.17, 15) is 18.0 Å². The molecule has 0 heterocycles. The molecule has 0 saturated carbocycles. The van der Waals surface area contributed by atoms with Crippen molar-refractivity contribution < 1.29 is 18.0 Å². The van der Waals surface area contributed by atoms with Gasteiger partial charge in [-0.2, -0.15) is 13.2 Å². The quantitative estimate of drug-likeness (QED) is 0.572. The lowest BCUT2D eigenvalue weighted by Crippen LogP contribution is -2.11. The van der Waals surface area contributed by atoms with E-state index in [1.807, 2.05) is 0 Å². The molecule has 88 valence electrons. The summed E-state index contributed by atoms with van der Waals surface area (Å²) >= 11 is 13.4. The van der Waals surface area contributed by atoms with Gasteiger partial charge in [-0.3, -0.25) is 4.79 Å². The van der Waals surface area contributed by atoms with E-state index >= 15 is 0 Å². The fourth-order valence-corrected chi connectivity index (χ4v) is 2.41. The van der Waals surface area contributed by atoms with Crippen LogP contribution in [0.1, 0.15) is 15.9 Å². The molecule has 0 bridgehead atoms. The van der Waals surface area contributed by atoms with Crippen molar-refractivity contribution in [3.8, 4) is 0 Å². The Morgan fingerprint density at radius 1 is 1.38 bits per heavy atom. The number of halogens is 6. The van der Waals surface area contributed by atoms with E-state index in [2.05, 4.69) is 15.9 Å². The fourth-order valence-electron chi connectivity index (χ4n) is 1.10. The molecule has 0 aliphatic rings. The van der Waals surface area contributed by atoms with Gasteiger partial charge in [0, 0.05) is 10.0 Å². The number of alkyl halides is 4. The van der Waals surface area contributed by atoms with E-state index in [1.165, 1.54) is 6.07 Å². The molecule has 0 aliphatic heterocycles. The van der Waals surface area contributed by atoms with Crippen molar-refractivity contribution in [2.45, 2.75) is 6.18 Å². The first-order valence-corrected chi connectivity index (χ1v) is 5.64. The second kappa shape index (κ2) is 4.94. The van der Waals surface area contributed by atoms with Crippen molar-refractivity contribution >= 4 is 44.9 Å². The summed E-state index contributed by atoms with van der Waals surface area (Å²) in [6.07, 6.45) is -4.63. The number of carbonyl (C=O) groups is 1. The van der Waals surface area contributed by atoms with Gasteiger partial charge in [0.25, 0.3) is 0 Å².